The predicted octanol–water partition coefficient (Wildman–Crippen LogP) is 2.67. The van der Waals surface area contributed by atoms with Gasteiger partial charge in [-0.25, -0.2) is 0 Å². The molecule has 1 saturated carbocycles. The van der Waals surface area contributed by atoms with Crippen molar-refractivity contribution in [3.05, 3.63) is 52.8 Å². The topological polar surface area (TPSA) is 75.2 Å². The Morgan fingerprint density at radius 2 is 1.96 bits per heavy atom. The number of hydrogen-bond acceptors (Lipinski definition) is 3. The SMILES string of the molecule is CC(=O)Nc1ccc(CNC(=O)c2cc(C)c3n2CCNC32CCC2)cc1. The number of aromatic nitrogens is 1. The van der Waals surface area contributed by atoms with Crippen molar-refractivity contribution < 1.29 is 9.59 Å². The van der Waals surface area contributed by atoms with Crippen LogP contribution in [0.5, 0.6) is 0 Å². The van der Waals surface area contributed by atoms with Crippen molar-refractivity contribution >= 4 is 17.5 Å². The second-order valence-corrected chi connectivity index (χ2v) is 7.64. The van der Waals surface area contributed by atoms with Crippen molar-refractivity contribution in [2.75, 3.05) is 11.9 Å². The number of hydrogen-bond donors (Lipinski definition) is 3. The van der Waals surface area contributed by atoms with Crippen LogP contribution in [0.1, 0.15) is 53.5 Å². The van der Waals surface area contributed by atoms with E-state index in [0.29, 0.717) is 6.54 Å². The van der Waals surface area contributed by atoms with E-state index in [1.807, 2.05) is 30.3 Å². The van der Waals surface area contributed by atoms with Crippen LogP contribution in [-0.2, 0) is 23.4 Å². The molecule has 6 nitrogen and oxygen atoms in total. The highest BCUT2D eigenvalue weighted by atomic mass is 16.2. The Morgan fingerprint density at radius 1 is 1.22 bits per heavy atom. The molecule has 1 spiro atoms. The predicted molar refractivity (Wildman–Crippen MR) is 105 cm³/mol. The maximum atomic E-state index is 12.8. The summed E-state index contributed by atoms with van der Waals surface area (Å²) in [6, 6.07) is 9.55. The van der Waals surface area contributed by atoms with Gasteiger partial charge in [0.25, 0.3) is 5.91 Å². The molecule has 27 heavy (non-hydrogen) atoms. The number of rotatable bonds is 4. The van der Waals surface area contributed by atoms with Gasteiger partial charge in [0.15, 0.2) is 0 Å². The molecule has 1 aromatic heterocycles. The van der Waals surface area contributed by atoms with Crippen molar-refractivity contribution in [2.45, 2.75) is 51.7 Å². The molecule has 1 fully saturated rings. The number of nitrogens with one attached hydrogen (secondary N) is 3. The maximum Gasteiger partial charge on any atom is 0.268 e. The van der Waals surface area contributed by atoms with Crippen LogP contribution < -0.4 is 16.0 Å². The second kappa shape index (κ2) is 6.85. The van der Waals surface area contributed by atoms with Crippen LogP contribution in [0.3, 0.4) is 0 Å². The van der Waals surface area contributed by atoms with E-state index in [9.17, 15) is 9.59 Å². The number of carbonyl (C=O) groups is 2. The van der Waals surface area contributed by atoms with Gasteiger partial charge in [-0.1, -0.05) is 12.1 Å². The van der Waals surface area contributed by atoms with Crippen LogP contribution >= 0.6 is 0 Å². The fourth-order valence-corrected chi connectivity index (χ4v) is 4.36. The molecule has 0 saturated heterocycles. The summed E-state index contributed by atoms with van der Waals surface area (Å²) >= 11 is 0. The first-order valence-corrected chi connectivity index (χ1v) is 9.59. The molecule has 1 aliphatic carbocycles. The van der Waals surface area contributed by atoms with Gasteiger partial charge in [-0.2, -0.15) is 0 Å². The van der Waals surface area contributed by atoms with E-state index in [-0.39, 0.29) is 17.4 Å². The summed E-state index contributed by atoms with van der Waals surface area (Å²) in [6.07, 6.45) is 3.55. The van der Waals surface area contributed by atoms with Crippen LogP contribution in [0.2, 0.25) is 0 Å². The number of carbonyl (C=O) groups excluding carboxylic acids is 2. The third kappa shape index (κ3) is 3.25. The highest BCUT2D eigenvalue weighted by Gasteiger charge is 2.44. The standard InChI is InChI=1S/C21H26N4O2/c1-14-12-18(25-11-10-23-21(19(14)25)8-3-9-21)20(27)22-13-16-4-6-17(7-5-16)24-15(2)26/h4-7,12,23H,3,8-11,13H2,1-2H3,(H,22,27)(H,24,26). The number of amides is 2. The first-order chi connectivity index (χ1) is 13.0. The molecule has 3 N–H and O–H groups in total. The average molecular weight is 366 g/mol. The van der Waals surface area contributed by atoms with Gasteiger partial charge in [0, 0.05) is 37.9 Å². The molecular weight excluding hydrogens is 340 g/mol. The zero-order valence-corrected chi connectivity index (χ0v) is 15.9. The van der Waals surface area contributed by atoms with Crippen LogP contribution in [-0.4, -0.2) is 22.9 Å². The van der Waals surface area contributed by atoms with E-state index >= 15 is 0 Å². The summed E-state index contributed by atoms with van der Waals surface area (Å²) in [6.45, 7) is 5.79. The molecule has 0 radical (unpaired) electrons. The molecule has 2 aromatic rings. The first-order valence-electron chi connectivity index (χ1n) is 9.59. The normalized spacial score (nSPS) is 17.1. The minimum absolute atomic E-state index is 0.0355. The van der Waals surface area contributed by atoms with Crippen LogP contribution in [0.4, 0.5) is 5.69 Å². The molecule has 0 bridgehead atoms. The summed E-state index contributed by atoms with van der Waals surface area (Å²) in [5, 5.41) is 9.45. The largest absolute Gasteiger partial charge is 0.347 e. The molecule has 142 valence electrons. The zero-order chi connectivity index (χ0) is 19.0. The second-order valence-electron chi connectivity index (χ2n) is 7.64. The molecule has 1 aliphatic heterocycles. The van der Waals surface area contributed by atoms with Gasteiger partial charge in [0.1, 0.15) is 5.69 Å². The molecular formula is C21H26N4O2. The Kier molecular flexibility index (Phi) is 4.52. The van der Waals surface area contributed by atoms with E-state index < -0.39 is 0 Å². The van der Waals surface area contributed by atoms with E-state index in [1.54, 1.807) is 0 Å². The molecule has 2 heterocycles. The van der Waals surface area contributed by atoms with Crippen molar-refractivity contribution in [2.24, 2.45) is 0 Å². The monoisotopic (exact) mass is 366 g/mol. The third-order valence-electron chi connectivity index (χ3n) is 5.71. The van der Waals surface area contributed by atoms with Crippen LogP contribution in [0, 0.1) is 6.92 Å². The molecule has 4 rings (SSSR count). The summed E-state index contributed by atoms with van der Waals surface area (Å²) in [5.74, 6) is -0.130. The van der Waals surface area contributed by atoms with Gasteiger partial charge in [-0.15, -0.1) is 0 Å². The van der Waals surface area contributed by atoms with Crippen molar-refractivity contribution in [1.29, 1.82) is 0 Å². The van der Waals surface area contributed by atoms with Crippen LogP contribution in [0.25, 0.3) is 0 Å². The Balaban J connectivity index is 1.46. The smallest absolute Gasteiger partial charge is 0.268 e. The maximum absolute atomic E-state index is 12.8. The highest BCUT2D eigenvalue weighted by Crippen LogP contribution is 2.44. The molecule has 2 amide bonds. The Bertz CT molecular complexity index is 878. The zero-order valence-electron chi connectivity index (χ0n) is 15.9. The van der Waals surface area contributed by atoms with Gasteiger partial charge < -0.3 is 20.5 Å². The fourth-order valence-electron chi connectivity index (χ4n) is 4.36. The van der Waals surface area contributed by atoms with Gasteiger partial charge in [0.05, 0.1) is 5.54 Å². The average Bonchev–Trinajstić information content (AvgIpc) is 2.96. The summed E-state index contributed by atoms with van der Waals surface area (Å²) < 4.78 is 2.21. The minimum Gasteiger partial charge on any atom is -0.347 e. The van der Waals surface area contributed by atoms with Gasteiger partial charge in [-0.05, 0) is 55.5 Å². The Labute approximate surface area is 159 Å². The lowest BCUT2D eigenvalue weighted by Gasteiger charge is -2.47. The van der Waals surface area contributed by atoms with Gasteiger partial charge in [-0.3, -0.25) is 9.59 Å². The fraction of sp³-hybridized carbons (Fsp3) is 0.429. The number of aryl methyl sites for hydroxylation is 1. The van der Waals surface area contributed by atoms with E-state index in [4.69, 9.17) is 0 Å². The Hall–Kier alpha value is -2.60. The minimum atomic E-state index is -0.0943. The van der Waals surface area contributed by atoms with E-state index in [2.05, 4.69) is 27.4 Å². The highest BCUT2D eigenvalue weighted by molar-refractivity contribution is 5.93. The quantitative estimate of drug-likeness (QED) is 0.779. The summed E-state index contributed by atoms with van der Waals surface area (Å²) in [4.78, 5) is 23.9. The number of fused-ring (bicyclic) bond motifs is 2. The van der Waals surface area contributed by atoms with Gasteiger partial charge >= 0.3 is 0 Å². The van der Waals surface area contributed by atoms with Crippen molar-refractivity contribution in [3.63, 3.8) is 0 Å². The lowest BCUT2D eigenvalue weighted by atomic mass is 9.72. The van der Waals surface area contributed by atoms with E-state index in [1.165, 1.54) is 24.6 Å². The number of anilines is 1. The number of nitrogens with zero attached hydrogens (tertiary/aromatic N) is 1. The molecule has 2 aliphatic rings. The summed E-state index contributed by atoms with van der Waals surface area (Å²) in [7, 11) is 0. The molecule has 0 unspecified atom stereocenters. The third-order valence-corrected chi connectivity index (χ3v) is 5.71. The molecule has 6 heteroatoms. The lowest BCUT2D eigenvalue weighted by Crippen LogP contribution is -2.54. The molecule has 1 aromatic carbocycles. The van der Waals surface area contributed by atoms with E-state index in [0.717, 1.165) is 42.9 Å². The van der Waals surface area contributed by atoms with Crippen molar-refractivity contribution in [3.8, 4) is 0 Å². The summed E-state index contributed by atoms with van der Waals surface area (Å²) in [5.41, 5.74) is 5.09. The molecule has 0 atom stereocenters. The lowest BCUT2D eigenvalue weighted by molar-refractivity contribution is -0.114. The van der Waals surface area contributed by atoms with Crippen molar-refractivity contribution in [1.82, 2.24) is 15.2 Å². The first kappa shape index (κ1) is 17.8. The number of benzene rings is 1. The van der Waals surface area contributed by atoms with Gasteiger partial charge in [0.2, 0.25) is 5.91 Å². The Morgan fingerprint density at radius 3 is 2.59 bits per heavy atom. The van der Waals surface area contributed by atoms with Crippen LogP contribution in [0.15, 0.2) is 30.3 Å².